The largest absolute Gasteiger partial charge is 0.483 e. The van der Waals surface area contributed by atoms with Gasteiger partial charge in [-0.15, -0.1) is 0 Å². The molecule has 3 rings (SSSR count). The number of rotatable bonds is 8. The highest BCUT2D eigenvalue weighted by Crippen LogP contribution is 2.25. The number of aromatic carboxylic acids is 1. The predicted octanol–water partition coefficient (Wildman–Crippen LogP) is 5.35. The molecule has 0 saturated carbocycles. The van der Waals surface area contributed by atoms with Crippen molar-refractivity contribution < 1.29 is 23.8 Å². The molecule has 0 aliphatic heterocycles. The van der Waals surface area contributed by atoms with E-state index >= 15 is 0 Å². The molecule has 0 unspecified atom stereocenters. The Morgan fingerprint density at radius 1 is 1.06 bits per heavy atom. The summed E-state index contributed by atoms with van der Waals surface area (Å²) >= 11 is 5.86. The Hall–Kier alpha value is -3.38. The molecule has 0 fully saturated rings. The van der Waals surface area contributed by atoms with Crippen molar-refractivity contribution in [1.82, 2.24) is 4.90 Å². The van der Waals surface area contributed by atoms with Gasteiger partial charge >= 0.3 is 5.97 Å². The van der Waals surface area contributed by atoms with E-state index in [9.17, 15) is 19.1 Å². The van der Waals surface area contributed by atoms with Crippen LogP contribution in [0.1, 0.15) is 34.5 Å². The number of hydrogen-bond acceptors (Lipinski definition) is 3. The minimum absolute atomic E-state index is 0.0550. The fraction of sp³-hybridized carbons (Fsp3) is 0.167. The maximum atomic E-state index is 13.3. The first kappa shape index (κ1) is 22.3. The first-order valence-corrected chi connectivity index (χ1v) is 9.97. The van der Waals surface area contributed by atoms with Crippen LogP contribution in [-0.2, 0) is 11.3 Å². The Labute approximate surface area is 184 Å². The third-order valence-electron chi connectivity index (χ3n) is 4.86. The second-order valence-electron chi connectivity index (χ2n) is 6.97. The molecule has 1 amide bonds. The van der Waals surface area contributed by atoms with Gasteiger partial charge in [0.05, 0.1) is 6.04 Å². The van der Waals surface area contributed by atoms with Crippen LogP contribution in [-0.4, -0.2) is 28.5 Å². The van der Waals surface area contributed by atoms with Gasteiger partial charge in [-0.3, -0.25) is 4.79 Å². The summed E-state index contributed by atoms with van der Waals surface area (Å²) in [6.07, 6.45) is 0. The first-order valence-electron chi connectivity index (χ1n) is 9.59. The van der Waals surface area contributed by atoms with Crippen molar-refractivity contribution in [2.45, 2.75) is 19.5 Å². The van der Waals surface area contributed by atoms with E-state index < -0.39 is 5.97 Å². The standard InChI is InChI=1S/C24H21ClFNO4/c1-16(18-5-3-2-4-6-18)27(14-17-7-10-20(26)11-8-17)23(28)15-31-22-12-9-19(25)13-21(22)24(29)30/h2-13,16H,14-15H2,1H3,(H,29,30)/t16-/m1/s1. The molecule has 160 valence electrons. The number of hydrogen-bond donors (Lipinski definition) is 1. The van der Waals surface area contributed by atoms with E-state index in [1.54, 1.807) is 17.0 Å². The molecule has 0 heterocycles. The highest BCUT2D eigenvalue weighted by molar-refractivity contribution is 6.31. The second kappa shape index (κ2) is 10.1. The van der Waals surface area contributed by atoms with E-state index in [1.165, 1.54) is 30.3 Å². The minimum Gasteiger partial charge on any atom is -0.483 e. The summed E-state index contributed by atoms with van der Waals surface area (Å²) in [6, 6.07) is 19.3. The van der Waals surface area contributed by atoms with Crippen LogP contribution in [0.4, 0.5) is 4.39 Å². The van der Waals surface area contributed by atoms with Gasteiger partial charge in [-0.05, 0) is 48.4 Å². The van der Waals surface area contributed by atoms with Crippen LogP contribution >= 0.6 is 11.6 Å². The van der Waals surface area contributed by atoms with Gasteiger partial charge in [0.15, 0.2) is 6.61 Å². The minimum atomic E-state index is -1.20. The number of carbonyl (C=O) groups excluding carboxylic acids is 1. The average Bonchev–Trinajstić information content (AvgIpc) is 2.77. The molecule has 0 bridgehead atoms. The van der Waals surface area contributed by atoms with Gasteiger partial charge in [0, 0.05) is 11.6 Å². The molecule has 1 N–H and O–H groups in total. The topological polar surface area (TPSA) is 66.8 Å². The second-order valence-corrected chi connectivity index (χ2v) is 7.41. The summed E-state index contributed by atoms with van der Waals surface area (Å²) in [5.74, 6) is -1.85. The number of nitrogens with zero attached hydrogens (tertiary/aromatic N) is 1. The summed E-state index contributed by atoms with van der Waals surface area (Å²) in [5, 5.41) is 9.61. The molecule has 0 saturated heterocycles. The quantitative estimate of drug-likeness (QED) is 0.512. The Morgan fingerprint density at radius 2 is 1.74 bits per heavy atom. The van der Waals surface area contributed by atoms with Crippen molar-refractivity contribution in [3.05, 3.63) is 100 Å². The molecule has 31 heavy (non-hydrogen) atoms. The summed E-state index contributed by atoms with van der Waals surface area (Å²) in [6.45, 7) is 1.77. The molecular formula is C24H21ClFNO4. The molecule has 5 nitrogen and oxygen atoms in total. The Kier molecular flexibility index (Phi) is 7.26. The molecule has 7 heteroatoms. The van der Waals surface area contributed by atoms with Crippen LogP contribution < -0.4 is 4.74 Å². The number of carbonyl (C=O) groups is 2. The van der Waals surface area contributed by atoms with Crippen LogP contribution in [0.5, 0.6) is 5.75 Å². The average molecular weight is 442 g/mol. The zero-order valence-electron chi connectivity index (χ0n) is 16.8. The number of halogens is 2. The number of benzene rings is 3. The lowest BCUT2D eigenvalue weighted by molar-refractivity contribution is -0.136. The van der Waals surface area contributed by atoms with Crippen LogP contribution in [0, 0.1) is 5.82 Å². The number of ether oxygens (including phenoxy) is 1. The summed E-state index contributed by atoms with van der Waals surface area (Å²) in [7, 11) is 0. The maximum Gasteiger partial charge on any atom is 0.339 e. The monoisotopic (exact) mass is 441 g/mol. The van der Waals surface area contributed by atoms with Crippen molar-refractivity contribution in [3.8, 4) is 5.75 Å². The van der Waals surface area contributed by atoms with E-state index in [2.05, 4.69) is 0 Å². The normalized spacial score (nSPS) is 11.6. The highest BCUT2D eigenvalue weighted by Gasteiger charge is 2.23. The third kappa shape index (κ3) is 5.83. The van der Waals surface area contributed by atoms with Gasteiger partial charge in [-0.25, -0.2) is 9.18 Å². The molecule has 0 aliphatic rings. The van der Waals surface area contributed by atoms with Crippen molar-refractivity contribution in [2.75, 3.05) is 6.61 Å². The Morgan fingerprint density at radius 3 is 2.39 bits per heavy atom. The zero-order valence-corrected chi connectivity index (χ0v) is 17.6. The summed E-state index contributed by atoms with van der Waals surface area (Å²) in [5.41, 5.74) is 1.56. The summed E-state index contributed by atoms with van der Waals surface area (Å²) in [4.78, 5) is 26.2. The Bertz CT molecular complexity index is 1060. The van der Waals surface area contributed by atoms with E-state index in [0.717, 1.165) is 11.1 Å². The molecule has 1 atom stereocenters. The summed E-state index contributed by atoms with van der Waals surface area (Å²) < 4.78 is 18.8. The molecule has 0 radical (unpaired) electrons. The zero-order chi connectivity index (χ0) is 22.4. The van der Waals surface area contributed by atoms with Gasteiger partial charge < -0.3 is 14.7 Å². The van der Waals surface area contributed by atoms with Crippen molar-refractivity contribution in [1.29, 1.82) is 0 Å². The van der Waals surface area contributed by atoms with E-state index in [0.29, 0.717) is 0 Å². The van der Waals surface area contributed by atoms with Gasteiger partial charge in [0.25, 0.3) is 5.91 Å². The van der Waals surface area contributed by atoms with Crippen molar-refractivity contribution >= 4 is 23.5 Å². The highest BCUT2D eigenvalue weighted by atomic mass is 35.5. The van der Waals surface area contributed by atoms with Crippen molar-refractivity contribution in [3.63, 3.8) is 0 Å². The van der Waals surface area contributed by atoms with Gasteiger partial charge in [0.1, 0.15) is 17.1 Å². The lowest BCUT2D eigenvalue weighted by atomic mass is 10.1. The van der Waals surface area contributed by atoms with Crippen LogP contribution in [0.2, 0.25) is 5.02 Å². The Balaban J connectivity index is 1.82. The van der Waals surface area contributed by atoms with E-state index in [-0.39, 0.29) is 47.3 Å². The van der Waals surface area contributed by atoms with Crippen LogP contribution in [0.25, 0.3) is 0 Å². The third-order valence-corrected chi connectivity index (χ3v) is 5.09. The van der Waals surface area contributed by atoms with Gasteiger partial charge in [-0.1, -0.05) is 54.1 Å². The van der Waals surface area contributed by atoms with Crippen molar-refractivity contribution in [2.24, 2.45) is 0 Å². The number of amides is 1. The molecule has 3 aromatic carbocycles. The fourth-order valence-corrected chi connectivity index (χ4v) is 3.33. The fourth-order valence-electron chi connectivity index (χ4n) is 3.16. The molecule has 0 spiro atoms. The van der Waals surface area contributed by atoms with Crippen LogP contribution in [0.15, 0.2) is 72.8 Å². The number of carboxylic acids is 1. The lowest BCUT2D eigenvalue weighted by Gasteiger charge is -2.30. The smallest absolute Gasteiger partial charge is 0.339 e. The van der Waals surface area contributed by atoms with E-state index in [1.807, 2.05) is 37.3 Å². The maximum absolute atomic E-state index is 13.3. The number of carboxylic acid groups (broad SMARTS) is 1. The van der Waals surface area contributed by atoms with Crippen LogP contribution in [0.3, 0.4) is 0 Å². The molecular weight excluding hydrogens is 421 g/mol. The molecule has 0 aromatic heterocycles. The molecule has 3 aromatic rings. The van der Waals surface area contributed by atoms with Gasteiger partial charge in [0.2, 0.25) is 0 Å². The predicted molar refractivity (Wildman–Crippen MR) is 116 cm³/mol. The van der Waals surface area contributed by atoms with Gasteiger partial charge in [-0.2, -0.15) is 0 Å². The lowest BCUT2D eigenvalue weighted by Crippen LogP contribution is -2.36. The SMILES string of the molecule is C[C@H](c1ccccc1)N(Cc1ccc(F)cc1)C(=O)COc1ccc(Cl)cc1C(=O)O. The molecule has 0 aliphatic carbocycles. The van der Waals surface area contributed by atoms with E-state index in [4.69, 9.17) is 16.3 Å². The first-order chi connectivity index (χ1) is 14.8.